The average Bonchev–Trinajstić information content (AvgIpc) is 3.39. The Morgan fingerprint density at radius 3 is 2.47 bits per heavy atom. The Bertz CT molecular complexity index is 1220. The fourth-order valence-electron chi connectivity index (χ4n) is 4.30. The molecule has 0 saturated heterocycles. The van der Waals surface area contributed by atoms with E-state index in [0.717, 1.165) is 23.0 Å². The van der Waals surface area contributed by atoms with Crippen molar-refractivity contribution in [3.63, 3.8) is 0 Å². The van der Waals surface area contributed by atoms with E-state index in [4.69, 9.17) is 4.74 Å². The van der Waals surface area contributed by atoms with Gasteiger partial charge in [-0.2, -0.15) is 0 Å². The van der Waals surface area contributed by atoms with Crippen molar-refractivity contribution in [3.8, 4) is 0 Å². The highest BCUT2D eigenvalue weighted by Gasteiger charge is 2.44. The number of esters is 1. The summed E-state index contributed by atoms with van der Waals surface area (Å²) in [6, 6.07) is 6.02. The molecule has 0 radical (unpaired) electrons. The molecular weight excluding hydrogens is 391 g/mol. The van der Waals surface area contributed by atoms with Crippen molar-refractivity contribution in [1.82, 2.24) is 18.7 Å². The number of ether oxygens (including phenoxy) is 1. The molecule has 158 valence electrons. The Morgan fingerprint density at radius 2 is 1.80 bits per heavy atom. The lowest BCUT2D eigenvalue weighted by molar-refractivity contribution is -0.150. The topological polar surface area (TPSA) is 88.1 Å². The van der Waals surface area contributed by atoms with Gasteiger partial charge < -0.3 is 9.30 Å². The monoisotopic (exact) mass is 414 g/mol. The van der Waals surface area contributed by atoms with Crippen LogP contribution in [0, 0.1) is 5.82 Å². The van der Waals surface area contributed by atoms with E-state index in [9.17, 15) is 18.8 Å². The molecule has 3 aromatic rings. The first-order valence-corrected chi connectivity index (χ1v) is 9.89. The van der Waals surface area contributed by atoms with E-state index in [0.29, 0.717) is 12.8 Å². The van der Waals surface area contributed by atoms with Crippen molar-refractivity contribution in [2.24, 2.45) is 14.1 Å². The largest absolute Gasteiger partial charge is 0.463 e. The van der Waals surface area contributed by atoms with Crippen LogP contribution in [0.25, 0.3) is 11.2 Å². The zero-order valence-corrected chi connectivity index (χ0v) is 16.9. The highest BCUT2D eigenvalue weighted by molar-refractivity contribution is 5.83. The summed E-state index contributed by atoms with van der Waals surface area (Å²) in [5, 5.41) is 0. The molecule has 1 aliphatic carbocycles. The molecule has 0 N–H and O–H groups in total. The maximum Gasteiger partial charge on any atom is 0.332 e. The predicted molar refractivity (Wildman–Crippen MR) is 108 cm³/mol. The summed E-state index contributed by atoms with van der Waals surface area (Å²) in [7, 11) is 2.96. The van der Waals surface area contributed by atoms with Crippen molar-refractivity contribution in [2.75, 3.05) is 6.61 Å². The molecule has 9 heteroatoms. The zero-order valence-electron chi connectivity index (χ0n) is 16.9. The van der Waals surface area contributed by atoms with Crippen LogP contribution >= 0.6 is 0 Å². The van der Waals surface area contributed by atoms with Gasteiger partial charge in [-0.05, 0) is 30.5 Å². The Kier molecular flexibility index (Phi) is 5.05. The molecule has 2 aromatic heterocycles. The smallest absolute Gasteiger partial charge is 0.332 e. The second-order valence-electron chi connectivity index (χ2n) is 7.75. The van der Waals surface area contributed by atoms with Gasteiger partial charge in [0, 0.05) is 14.1 Å². The minimum Gasteiger partial charge on any atom is -0.463 e. The summed E-state index contributed by atoms with van der Waals surface area (Å²) in [6.07, 6.45) is 4.60. The molecule has 0 unspecified atom stereocenters. The molecule has 0 bridgehead atoms. The second-order valence-corrected chi connectivity index (χ2v) is 7.75. The van der Waals surface area contributed by atoms with Crippen LogP contribution in [-0.2, 0) is 35.6 Å². The number of imidazole rings is 1. The molecule has 30 heavy (non-hydrogen) atoms. The molecule has 0 spiro atoms. The van der Waals surface area contributed by atoms with Crippen LogP contribution < -0.4 is 11.2 Å². The fourth-order valence-corrected chi connectivity index (χ4v) is 4.30. The summed E-state index contributed by atoms with van der Waals surface area (Å²) in [5.74, 6) is -0.681. The highest BCUT2D eigenvalue weighted by Crippen LogP contribution is 2.42. The van der Waals surface area contributed by atoms with Crippen molar-refractivity contribution in [1.29, 1.82) is 0 Å². The summed E-state index contributed by atoms with van der Waals surface area (Å²) in [5.41, 5.74) is -0.326. The number of halogens is 1. The van der Waals surface area contributed by atoms with Gasteiger partial charge in [0.15, 0.2) is 11.2 Å². The third kappa shape index (κ3) is 3.14. The molecule has 4 rings (SSSR count). The lowest BCUT2D eigenvalue weighted by Gasteiger charge is -2.27. The van der Waals surface area contributed by atoms with Gasteiger partial charge >= 0.3 is 11.7 Å². The van der Waals surface area contributed by atoms with E-state index < -0.39 is 16.7 Å². The van der Waals surface area contributed by atoms with Crippen LogP contribution in [0.1, 0.15) is 31.2 Å². The number of fused-ring (bicyclic) bond motifs is 1. The lowest BCUT2D eigenvalue weighted by Crippen LogP contribution is -2.38. The average molecular weight is 414 g/mol. The molecule has 1 fully saturated rings. The van der Waals surface area contributed by atoms with Crippen LogP contribution in [0.2, 0.25) is 0 Å². The lowest BCUT2D eigenvalue weighted by atomic mass is 9.79. The number of aryl methyl sites for hydroxylation is 1. The first kappa shape index (κ1) is 20.1. The Morgan fingerprint density at radius 1 is 1.13 bits per heavy atom. The van der Waals surface area contributed by atoms with E-state index in [1.165, 1.54) is 30.1 Å². The minimum absolute atomic E-state index is 0.0548. The molecule has 8 nitrogen and oxygen atoms in total. The SMILES string of the molecule is Cn1c(=O)c2c(ncn2CCOC(=O)C2(c3ccc(F)cc3)CCCC2)n(C)c1=O. The molecule has 1 aromatic carbocycles. The van der Waals surface area contributed by atoms with E-state index >= 15 is 0 Å². The molecule has 0 amide bonds. The number of rotatable bonds is 5. The van der Waals surface area contributed by atoms with Crippen LogP contribution in [0.5, 0.6) is 0 Å². The van der Waals surface area contributed by atoms with Crippen LogP contribution in [0.4, 0.5) is 4.39 Å². The van der Waals surface area contributed by atoms with Crippen molar-refractivity contribution >= 4 is 17.1 Å². The first-order chi connectivity index (χ1) is 14.3. The molecule has 1 saturated carbocycles. The number of nitrogens with zero attached hydrogens (tertiary/aromatic N) is 4. The van der Waals surface area contributed by atoms with Gasteiger partial charge in [0.25, 0.3) is 5.56 Å². The van der Waals surface area contributed by atoms with Gasteiger partial charge in [0.1, 0.15) is 12.4 Å². The fraction of sp³-hybridized carbons (Fsp3) is 0.429. The quantitative estimate of drug-likeness (QED) is 0.592. The van der Waals surface area contributed by atoms with Gasteiger partial charge in [-0.3, -0.25) is 18.7 Å². The van der Waals surface area contributed by atoms with Crippen molar-refractivity contribution < 1.29 is 13.9 Å². The summed E-state index contributed by atoms with van der Waals surface area (Å²) >= 11 is 0. The minimum atomic E-state index is -0.759. The summed E-state index contributed by atoms with van der Waals surface area (Å²) in [6.45, 7) is 0.286. The van der Waals surface area contributed by atoms with Crippen molar-refractivity contribution in [3.05, 3.63) is 62.8 Å². The van der Waals surface area contributed by atoms with E-state index in [1.807, 2.05) is 0 Å². The summed E-state index contributed by atoms with van der Waals surface area (Å²) < 4.78 is 22.8. The van der Waals surface area contributed by atoms with Gasteiger partial charge in [-0.15, -0.1) is 0 Å². The maximum atomic E-state index is 13.3. The van der Waals surface area contributed by atoms with Crippen molar-refractivity contribution in [2.45, 2.75) is 37.6 Å². The van der Waals surface area contributed by atoms with Crippen LogP contribution in [0.3, 0.4) is 0 Å². The van der Waals surface area contributed by atoms with E-state index in [1.54, 1.807) is 23.7 Å². The second kappa shape index (κ2) is 7.55. The van der Waals surface area contributed by atoms with Gasteiger partial charge in [0.05, 0.1) is 18.3 Å². The predicted octanol–water partition coefficient (Wildman–Crippen LogP) is 1.63. The summed E-state index contributed by atoms with van der Waals surface area (Å²) in [4.78, 5) is 41.7. The van der Waals surface area contributed by atoms with Crippen LogP contribution in [0.15, 0.2) is 40.2 Å². The zero-order chi connectivity index (χ0) is 21.5. The Hall–Kier alpha value is -3.23. The Labute approximate surface area is 171 Å². The number of carbonyl (C=O) groups is 1. The molecule has 0 atom stereocenters. The number of aromatic nitrogens is 4. The Balaban J connectivity index is 1.54. The van der Waals surface area contributed by atoms with Gasteiger partial charge in [-0.1, -0.05) is 25.0 Å². The molecule has 1 aliphatic rings. The third-order valence-electron chi connectivity index (χ3n) is 6.03. The maximum absolute atomic E-state index is 13.3. The highest BCUT2D eigenvalue weighted by atomic mass is 19.1. The first-order valence-electron chi connectivity index (χ1n) is 9.89. The molecular formula is C21H23FN4O4. The van der Waals surface area contributed by atoms with E-state index in [-0.39, 0.29) is 36.1 Å². The number of hydrogen-bond acceptors (Lipinski definition) is 5. The number of carbonyl (C=O) groups excluding carboxylic acids is 1. The normalized spacial score (nSPS) is 15.6. The number of hydrogen-bond donors (Lipinski definition) is 0. The van der Waals surface area contributed by atoms with Gasteiger partial charge in [0.2, 0.25) is 0 Å². The van der Waals surface area contributed by atoms with Crippen LogP contribution in [-0.4, -0.2) is 31.3 Å². The number of benzene rings is 1. The molecule has 2 heterocycles. The standard InChI is InChI=1S/C21H23FN4O4/c1-24-17-16(18(27)25(2)20(24)29)26(13-23-17)11-12-30-19(28)21(9-3-4-10-21)14-5-7-15(22)8-6-14/h5-8,13H,3-4,9-12H2,1-2H3. The molecule has 0 aliphatic heterocycles. The van der Waals surface area contributed by atoms with Gasteiger partial charge in [-0.25, -0.2) is 14.2 Å². The van der Waals surface area contributed by atoms with E-state index in [2.05, 4.69) is 4.98 Å². The third-order valence-corrected chi connectivity index (χ3v) is 6.03.